The molecule has 1 aromatic heterocycles. The van der Waals surface area contributed by atoms with Crippen LogP contribution in [0.15, 0.2) is 61.4 Å². The number of allylic oxidation sites excluding steroid dienone is 1. The molecule has 3 aromatic rings. The Hall–Kier alpha value is -1.66. The average molecular weight is 572 g/mol. The molecule has 0 fully saturated rings. The van der Waals surface area contributed by atoms with Crippen molar-refractivity contribution in [2.75, 3.05) is 0 Å². The Morgan fingerprint density at radius 1 is 0.706 bits per heavy atom. The van der Waals surface area contributed by atoms with Crippen molar-refractivity contribution in [2.45, 2.75) is 84.0 Å². The van der Waals surface area contributed by atoms with Crippen LogP contribution in [0.4, 0.5) is 0 Å². The van der Waals surface area contributed by atoms with Crippen LogP contribution in [0.1, 0.15) is 101 Å². The van der Waals surface area contributed by atoms with Gasteiger partial charge in [-0.1, -0.05) is 0 Å². The van der Waals surface area contributed by atoms with Crippen LogP contribution in [-0.4, -0.2) is 9.13 Å². The van der Waals surface area contributed by atoms with E-state index in [0.717, 1.165) is 4.89 Å². The number of nitrogens with zero attached hydrogens (tertiary/aromatic N) is 2. The third kappa shape index (κ3) is 5.28. The SMILES string of the molecule is C=C[CH2][Pd]([Cl])=[c]1n(-c2c(C(C)C)cccc2C(C)C)ccn1-c1c(C(C)C)cccc1C(C)C. The van der Waals surface area contributed by atoms with Crippen LogP contribution in [0, 0.1) is 3.89 Å². The molecular weight excluding hydrogens is 530 g/mol. The molecule has 0 atom stereocenters. The third-order valence-corrected chi connectivity index (χ3v) is 9.98. The molecule has 4 heteroatoms. The molecule has 0 aliphatic rings. The molecule has 2 aromatic carbocycles. The second-order valence-electron chi connectivity index (χ2n) is 10.1. The molecule has 0 amide bonds. The molecule has 1 heterocycles. The normalized spacial score (nSPS) is 12.3. The van der Waals surface area contributed by atoms with E-state index in [2.05, 4.69) is 120 Å². The number of rotatable bonds is 8. The van der Waals surface area contributed by atoms with Gasteiger partial charge < -0.3 is 0 Å². The fourth-order valence-electron chi connectivity index (χ4n) is 4.57. The summed E-state index contributed by atoms with van der Waals surface area (Å²) in [5, 5.41) is 0. The predicted octanol–water partition coefficient (Wildman–Crippen LogP) is 9.67. The van der Waals surface area contributed by atoms with E-state index in [1.54, 1.807) is 0 Å². The second kappa shape index (κ2) is 11.4. The standard InChI is InChI=1S/C27H36N2.C3H5.ClH.Pd/c1-18(2)22-11-9-12-23(19(3)4)26(22)28-15-16-29(17-28)27-24(20(5)6)13-10-14-25(27)21(7)8;1-3-2;;/h9-16,18-21H,1-8H3;3H,1-2H2;1H;/q;;;+1/p-1. The average Bonchev–Trinajstić information content (AvgIpc) is 3.22. The van der Waals surface area contributed by atoms with Crippen LogP contribution in [0.25, 0.3) is 11.4 Å². The minimum atomic E-state index is -1.59. The van der Waals surface area contributed by atoms with Gasteiger partial charge >= 0.3 is 217 Å². The summed E-state index contributed by atoms with van der Waals surface area (Å²) in [6, 6.07) is 13.5. The summed E-state index contributed by atoms with van der Waals surface area (Å²) >= 11 is -1.59. The summed E-state index contributed by atoms with van der Waals surface area (Å²) in [6.07, 6.45) is 6.46. The van der Waals surface area contributed by atoms with Gasteiger partial charge in [-0.3, -0.25) is 0 Å². The zero-order valence-electron chi connectivity index (χ0n) is 22.0. The van der Waals surface area contributed by atoms with Crippen molar-refractivity contribution in [3.05, 3.63) is 87.6 Å². The number of hydrogen-bond donors (Lipinski definition) is 0. The van der Waals surface area contributed by atoms with Gasteiger partial charge in [0.1, 0.15) is 0 Å². The van der Waals surface area contributed by atoms with Gasteiger partial charge in [0.15, 0.2) is 0 Å². The van der Waals surface area contributed by atoms with Gasteiger partial charge in [-0.25, -0.2) is 0 Å². The van der Waals surface area contributed by atoms with E-state index in [1.807, 2.05) is 6.08 Å². The van der Waals surface area contributed by atoms with Crippen LogP contribution < -0.4 is 0 Å². The van der Waals surface area contributed by atoms with Crippen molar-refractivity contribution in [1.82, 2.24) is 9.13 Å². The van der Waals surface area contributed by atoms with Gasteiger partial charge in [-0.2, -0.15) is 0 Å². The summed E-state index contributed by atoms with van der Waals surface area (Å²) in [5.41, 5.74) is 8.05. The summed E-state index contributed by atoms with van der Waals surface area (Å²) in [4.78, 5) is 0.818. The summed E-state index contributed by atoms with van der Waals surface area (Å²) in [5.74, 6) is 1.66. The number of hydrogen-bond acceptors (Lipinski definition) is 0. The van der Waals surface area contributed by atoms with E-state index in [0.29, 0.717) is 23.7 Å². The van der Waals surface area contributed by atoms with Crippen molar-refractivity contribution in [3.63, 3.8) is 0 Å². The van der Waals surface area contributed by atoms with Gasteiger partial charge in [-0.15, -0.1) is 0 Å². The second-order valence-corrected chi connectivity index (χ2v) is 14.4. The van der Waals surface area contributed by atoms with Gasteiger partial charge in [0, 0.05) is 0 Å². The molecule has 0 aliphatic heterocycles. The van der Waals surface area contributed by atoms with Crippen LogP contribution in [-0.2, 0) is 15.3 Å². The van der Waals surface area contributed by atoms with Crippen molar-refractivity contribution in [1.29, 1.82) is 0 Å². The number of halogens is 1. The Kier molecular flexibility index (Phi) is 9.02. The Morgan fingerprint density at radius 2 is 1.03 bits per heavy atom. The van der Waals surface area contributed by atoms with Crippen molar-refractivity contribution in [3.8, 4) is 11.4 Å². The summed E-state index contributed by atoms with van der Waals surface area (Å²) in [7, 11) is 7.29. The van der Waals surface area contributed by atoms with Crippen LogP contribution in [0.3, 0.4) is 0 Å². The molecule has 34 heavy (non-hydrogen) atoms. The molecule has 0 saturated carbocycles. The first-order valence-corrected chi connectivity index (χ1v) is 16.2. The first-order valence-electron chi connectivity index (χ1n) is 12.3. The Labute approximate surface area is 216 Å². The van der Waals surface area contributed by atoms with Gasteiger partial charge in [0.05, 0.1) is 0 Å². The van der Waals surface area contributed by atoms with Crippen molar-refractivity contribution < 1.29 is 15.3 Å². The monoisotopic (exact) mass is 570 g/mol. The number of para-hydroxylation sites is 2. The topological polar surface area (TPSA) is 9.86 Å². The number of imidazole rings is 1. The van der Waals surface area contributed by atoms with Crippen LogP contribution >= 0.6 is 9.53 Å². The molecule has 3 rings (SSSR count). The first-order chi connectivity index (χ1) is 16.1. The van der Waals surface area contributed by atoms with E-state index in [4.69, 9.17) is 9.53 Å². The van der Waals surface area contributed by atoms with E-state index in [1.165, 1.54) is 37.5 Å². The number of aromatic nitrogens is 2. The minimum absolute atomic E-state index is 0.416. The van der Waals surface area contributed by atoms with Crippen molar-refractivity contribution >= 4 is 9.53 Å². The van der Waals surface area contributed by atoms with E-state index in [-0.39, 0.29) is 0 Å². The van der Waals surface area contributed by atoms with Gasteiger partial charge in [0.25, 0.3) is 0 Å². The molecule has 0 saturated heterocycles. The summed E-state index contributed by atoms with van der Waals surface area (Å²) < 4.78 is 6.02. The molecule has 0 radical (unpaired) electrons. The molecule has 0 unspecified atom stereocenters. The van der Waals surface area contributed by atoms with E-state index < -0.39 is 15.3 Å². The molecule has 0 aliphatic carbocycles. The quantitative estimate of drug-likeness (QED) is 0.188. The third-order valence-electron chi connectivity index (χ3n) is 6.26. The Morgan fingerprint density at radius 3 is 1.29 bits per heavy atom. The zero-order valence-corrected chi connectivity index (χ0v) is 24.3. The maximum absolute atomic E-state index is 7.29. The summed E-state index contributed by atoms with van der Waals surface area (Å²) in [6.45, 7) is 22.3. The van der Waals surface area contributed by atoms with E-state index >= 15 is 0 Å². The van der Waals surface area contributed by atoms with Crippen molar-refractivity contribution in [2.24, 2.45) is 0 Å². The van der Waals surface area contributed by atoms with Gasteiger partial charge in [-0.05, 0) is 0 Å². The van der Waals surface area contributed by atoms with E-state index in [9.17, 15) is 0 Å². The Balaban J connectivity index is 2.53. The van der Waals surface area contributed by atoms with Crippen LogP contribution in [0.2, 0.25) is 4.89 Å². The Bertz CT molecular complexity index is 1090. The molecule has 0 bridgehead atoms. The van der Waals surface area contributed by atoms with Gasteiger partial charge in [0.2, 0.25) is 0 Å². The maximum atomic E-state index is 7.29. The molecule has 188 valence electrons. The fraction of sp³-hybridized carbons (Fsp3) is 0.433. The van der Waals surface area contributed by atoms with Crippen LogP contribution in [0.5, 0.6) is 0 Å². The molecule has 0 N–H and O–H groups in total. The predicted molar refractivity (Wildman–Crippen MR) is 146 cm³/mol. The zero-order chi connectivity index (χ0) is 25.2. The molecule has 0 spiro atoms. The fourth-order valence-corrected chi connectivity index (χ4v) is 7.73. The first kappa shape index (κ1) is 26.9. The number of benzene rings is 2. The molecular formula is C30H41ClN2Pd. The molecule has 2 nitrogen and oxygen atoms in total.